The summed E-state index contributed by atoms with van der Waals surface area (Å²) in [4.78, 5) is 2.61. The molecule has 0 radical (unpaired) electrons. The third-order valence-corrected chi connectivity index (χ3v) is 4.48. The van der Waals surface area contributed by atoms with E-state index in [2.05, 4.69) is 31.0 Å². The summed E-state index contributed by atoms with van der Waals surface area (Å²) in [5.74, 6) is 0.847. The molecule has 0 aromatic rings. The zero-order chi connectivity index (χ0) is 13.0. The van der Waals surface area contributed by atoms with E-state index in [1.165, 1.54) is 45.3 Å². The van der Waals surface area contributed by atoms with Crippen LogP contribution in [0.1, 0.15) is 46.5 Å². The van der Waals surface area contributed by atoms with Gasteiger partial charge in [-0.05, 0) is 58.9 Å². The zero-order valence-electron chi connectivity index (χ0n) is 12.4. The fraction of sp³-hybridized carbons (Fsp3) is 1.00. The molecule has 2 aliphatic rings. The summed E-state index contributed by atoms with van der Waals surface area (Å²) in [5, 5.41) is 3.78. The molecule has 3 nitrogen and oxygen atoms in total. The van der Waals surface area contributed by atoms with Crippen molar-refractivity contribution in [3.05, 3.63) is 0 Å². The van der Waals surface area contributed by atoms with Crippen LogP contribution in [-0.4, -0.2) is 49.3 Å². The molecule has 0 aromatic carbocycles. The minimum absolute atomic E-state index is 0.339. The lowest BCUT2D eigenvalue weighted by atomic mass is 9.96. The molecule has 2 heterocycles. The minimum Gasteiger partial charge on any atom is -0.381 e. The van der Waals surface area contributed by atoms with Crippen molar-refractivity contribution in [1.29, 1.82) is 0 Å². The monoisotopic (exact) mass is 254 g/mol. The van der Waals surface area contributed by atoms with Crippen LogP contribution < -0.4 is 5.32 Å². The predicted octanol–water partition coefficient (Wildman–Crippen LogP) is 2.27. The first-order chi connectivity index (χ1) is 8.55. The highest BCUT2D eigenvalue weighted by atomic mass is 16.5. The Kier molecular flexibility index (Phi) is 5.05. The lowest BCUT2D eigenvalue weighted by molar-refractivity contribution is 0.0615. The van der Waals surface area contributed by atoms with Gasteiger partial charge in [0, 0.05) is 37.9 Å². The van der Waals surface area contributed by atoms with E-state index in [4.69, 9.17) is 4.74 Å². The van der Waals surface area contributed by atoms with Crippen LogP contribution >= 0.6 is 0 Å². The molecule has 1 N–H and O–H groups in total. The summed E-state index contributed by atoms with van der Waals surface area (Å²) in [6.45, 7) is 12.6. The highest BCUT2D eigenvalue weighted by Gasteiger charge is 2.27. The van der Waals surface area contributed by atoms with Crippen molar-refractivity contribution in [3.8, 4) is 0 Å². The average Bonchev–Trinajstić information content (AvgIpc) is 2.37. The largest absolute Gasteiger partial charge is 0.381 e. The van der Waals surface area contributed by atoms with E-state index in [-0.39, 0.29) is 0 Å². The number of ether oxygens (including phenoxy) is 1. The Hall–Kier alpha value is -0.120. The molecule has 0 atom stereocenters. The summed E-state index contributed by atoms with van der Waals surface area (Å²) in [7, 11) is 0. The van der Waals surface area contributed by atoms with Crippen molar-refractivity contribution in [1.82, 2.24) is 10.2 Å². The third kappa shape index (κ3) is 4.22. The fourth-order valence-corrected chi connectivity index (χ4v) is 3.04. The molecule has 0 aromatic heterocycles. The molecular weight excluding hydrogens is 224 g/mol. The van der Waals surface area contributed by atoms with Crippen molar-refractivity contribution in [3.63, 3.8) is 0 Å². The molecule has 106 valence electrons. The highest BCUT2D eigenvalue weighted by Crippen LogP contribution is 2.21. The van der Waals surface area contributed by atoms with E-state index in [0.717, 1.165) is 25.2 Å². The smallest absolute Gasteiger partial charge is 0.0469 e. The summed E-state index contributed by atoms with van der Waals surface area (Å²) in [6, 6.07) is 0.742. The molecule has 0 bridgehead atoms. The van der Waals surface area contributed by atoms with E-state index in [9.17, 15) is 0 Å². The second-order valence-corrected chi connectivity index (χ2v) is 6.90. The van der Waals surface area contributed by atoms with Gasteiger partial charge >= 0.3 is 0 Å². The number of likely N-dealkylation sites (tertiary alicyclic amines) is 1. The van der Waals surface area contributed by atoms with Gasteiger partial charge in [0.1, 0.15) is 0 Å². The number of nitrogens with zero attached hydrogens (tertiary/aromatic N) is 1. The average molecular weight is 254 g/mol. The molecule has 0 spiro atoms. The molecule has 2 fully saturated rings. The number of nitrogens with one attached hydrogen (secondary N) is 1. The van der Waals surface area contributed by atoms with Crippen LogP contribution in [0.5, 0.6) is 0 Å². The quantitative estimate of drug-likeness (QED) is 0.836. The first kappa shape index (κ1) is 14.3. The molecule has 0 aliphatic carbocycles. The first-order valence-electron chi connectivity index (χ1n) is 7.62. The molecule has 3 heteroatoms. The van der Waals surface area contributed by atoms with Gasteiger partial charge in [-0.3, -0.25) is 4.90 Å². The number of hydrogen-bond acceptors (Lipinski definition) is 3. The van der Waals surface area contributed by atoms with Crippen molar-refractivity contribution in [2.75, 3.05) is 32.8 Å². The van der Waals surface area contributed by atoms with E-state index in [1.807, 2.05) is 0 Å². The van der Waals surface area contributed by atoms with Gasteiger partial charge in [-0.2, -0.15) is 0 Å². The molecule has 18 heavy (non-hydrogen) atoms. The lowest BCUT2D eigenvalue weighted by Crippen LogP contribution is -2.50. The van der Waals surface area contributed by atoms with Crippen molar-refractivity contribution < 1.29 is 4.74 Å². The van der Waals surface area contributed by atoms with Crippen LogP contribution in [0.4, 0.5) is 0 Å². The van der Waals surface area contributed by atoms with Gasteiger partial charge in [-0.1, -0.05) is 0 Å². The van der Waals surface area contributed by atoms with Crippen molar-refractivity contribution >= 4 is 0 Å². The summed E-state index contributed by atoms with van der Waals surface area (Å²) in [6.07, 6.45) is 5.10. The molecule has 0 unspecified atom stereocenters. The molecule has 0 amide bonds. The number of rotatable bonds is 3. The Morgan fingerprint density at radius 2 is 1.67 bits per heavy atom. The van der Waals surface area contributed by atoms with E-state index >= 15 is 0 Å². The van der Waals surface area contributed by atoms with Crippen molar-refractivity contribution in [2.45, 2.75) is 58.0 Å². The van der Waals surface area contributed by atoms with Gasteiger partial charge in [0.05, 0.1) is 0 Å². The Balaban J connectivity index is 1.64. The fourth-order valence-electron chi connectivity index (χ4n) is 3.04. The Morgan fingerprint density at radius 3 is 2.22 bits per heavy atom. The zero-order valence-corrected chi connectivity index (χ0v) is 12.4. The van der Waals surface area contributed by atoms with Crippen LogP contribution in [0, 0.1) is 5.92 Å². The third-order valence-electron chi connectivity index (χ3n) is 4.48. The van der Waals surface area contributed by atoms with E-state index in [0.29, 0.717) is 5.54 Å². The minimum atomic E-state index is 0.339. The maximum absolute atomic E-state index is 5.41. The maximum Gasteiger partial charge on any atom is 0.0469 e. The predicted molar refractivity (Wildman–Crippen MR) is 75.9 cm³/mol. The summed E-state index contributed by atoms with van der Waals surface area (Å²) < 4.78 is 5.41. The van der Waals surface area contributed by atoms with Crippen LogP contribution in [0.3, 0.4) is 0 Å². The van der Waals surface area contributed by atoms with Gasteiger partial charge in [0.25, 0.3) is 0 Å². The van der Waals surface area contributed by atoms with Gasteiger partial charge < -0.3 is 10.1 Å². The molecule has 0 saturated carbocycles. The van der Waals surface area contributed by atoms with Gasteiger partial charge in [-0.15, -0.1) is 0 Å². The standard InChI is InChI=1S/C15H30N2O/c1-15(2,3)17-8-4-14(5-9-17)16-12-13-6-10-18-11-7-13/h13-14,16H,4-12H2,1-3H3. The van der Waals surface area contributed by atoms with Gasteiger partial charge in [0.2, 0.25) is 0 Å². The second kappa shape index (κ2) is 6.36. The van der Waals surface area contributed by atoms with Gasteiger partial charge in [-0.25, -0.2) is 0 Å². The van der Waals surface area contributed by atoms with E-state index in [1.54, 1.807) is 0 Å². The van der Waals surface area contributed by atoms with E-state index < -0.39 is 0 Å². The Labute approximate surface area is 112 Å². The molecule has 2 saturated heterocycles. The Bertz CT molecular complexity index is 235. The van der Waals surface area contributed by atoms with Crippen LogP contribution in [0.15, 0.2) is 0 Å². The maximum atomic E-state index is 5.41. The summed E-state index contributed by atoms with van der Waals surface area (Å²) >= 11 is 0. The van der Waals surface area contributed by atoms with Crippen molar-refractivity contribution in [2.24, 2.45) is 5.92 Å². The molecular formula is C15H30N2O. The molecule has 2 rings (SSSR count). The second-order valence-electron chi connectivity index (χ2n) is 6.90. The Morgan fingerprint density at radius 1 is 1.06 bits per heavy atom. The molecule has 2 aliphatic heterocycles. The lowest BCUT2D eigenvalue weighted by Gasteiger charge is -2.41. The number of piperidine rings is 1. The topological polar surface area (TPSA) is 24.5 Å². The highest BCUT2D eigenvalue weighted by molar-refractivity contribution is 4.84. The number of hydrogen-bond donors (Lipinski definition) is 1. The normalized spacial score (nSPS) is 25.5. The van der Waals surface area contributed by atoms with Crippen LogP contribution in [0.2, 0.25) is 0 Å². The first-order valence-corrected chi connectivity index (χ1v) is 7.62. The summed E-state index contributed by atoms with van der Waals surface area (Å²) in [5.41, 5.74) is 0.339. The van der Waals surface area contributed by atoms with Crippen LogP contribution in [0.25, 0.3) is 0 Å². The SMILES string of the molecule is CC(C)(C)N1CCC(NCC2CCOCC2)CC1. The van der Waals surface area contributed by atoms with Gasteiger partial charge in [0.15, 0.2) is 0 Å². The van der Waals surface area contributed by atoms with Crippen LogP contribution in [-0.2, 0) is 4.74 Å².